The molecule has 0 aliphatic heterocycles. The lowest BCUT2D eigenvalue weighted by atomic mass is 10.0. The van der Waals surface area contributed by atoms with Gasteiger partial charge in [-0.05, 0) is 72.8 Å². The number of aromatic nitrogens is 6. The summed E-state index contributed by atoms with van der Waals surface area (Å²) in [6, 6.07) is 16.7. The predicted octanol–water partition coefficient (Wildman–Crippen LogP) is 6.51. The molecule has 6 aromatic rings. The maximum absolute atomic E-state index is 4.68. The van der Waals surface area contributed by atoms with Gasteiger partial charge in [-0.3, -0.25) is 20.1 Å². The van der Waals surface area contributed by atoms with Crippen molar-refractivity contribution >= 4 is 21.8 Å². The third kappa shape index (κ3) is 4.35. The number of nitrogens with zero attached hydrogens (tertiary/aromatic N) is 4. The molecule has 0 saturated heterocycles. The van der Waals surface area contributed by atoms with Crippen molar-refractivity contribution in [2.75, 3.05) is 6.54 Å². The molecular formula is C31H29N7. The number of hydrogen-bond acceptors (Lipinski definition) is 5. The molecule has 3 N–H and O–H groups in total. The fourth-order valence-electron chi connectivity index (χ4n) is 5.68. The van der Waals surface area contributed by atoms with Gasteiger partial charge in [-0.2, -0.15) is 5.10 Å². The molecule has 1 aliphatic carbocycles. The van der Waals surface area contributed by atoms with Gasteiger partial charge in [0.2, 0.25) is 0 Å². The Kier molecular flexibility index (Phi) is 5.90. The Morgan fingerprint density at radius 1 is 0.842 bits per heavy atom. The summed E-state index contributed by atoms with van der Waals surface area (Å²) in [5.74, 6) is 0.827. The number of pyridine rings is 3. The number of H-pyrrole nitrogens is 2. The van der Waals surface area contributed by atoms with Gasteiger partial charge in [-0.15, -0.1) is 0 Å². The third-order valence-corrected chi connectivity index (χ3v) is 7.67. The number of benzene rings is 1. The van der Waals surface area contributed by atoms with Crippen LogP contribution in [0.25, 0.3) is 55.6 Å². The highest BCUT2D eigenvalue weighted by Gasteiger charge is 2.16. The Bertz CT molecular complexity index is 1710. The van der Waals surface area contributed by atoms with Crippen molar-refractivity contribution < 1.29 is 0 Å². The zero-order valence-corrected chi connectivity index (χ0v) is 21.1. The predicted molar refractivity (Wildman–Crippen MR) is 151 cm³/mol. The van der Waals surface area contributed by atoms with Gasteiger partial charge in [0, 0.05) is 53.2 Å². The van der Waals surface area contributed by atoms with Crippen molar-refractivity contribution in [2.24, 2.45) is 5.92 Å². The van der Waals surface area contributed by atoms with Crippen LogP contribution in [0.4, 0.5) is 0 Å². The average Bonchev–Trinajstić information content (AvgIpc) is 3.73. The Morgan fingerprint density at radius 2 is 1.76 bits per heavy atom. The van der Waals surface area contributed by atoms with Crippen LogP contribution in [0.2, 0.25) is 0 Å². The van der Waals surface area contributed by atoms with Crippen LogP contribution in [0.1, 0.15) is 31.2 Å². The van der Waals surface area contributed by atoms with Gasteiger partial charge in [0.15, 0.2) is 0 Å². The lowest BCUT2D eigenvalue weighted by Gasteiger charge is -2.11. The van der Waals surface area contributed by atoms with E-state index < -0.39 is 0 Å². The monoisotopic (exact) mass is 499 g/mol. The Morgan fingerprint density at radius 3 is 2.66 bits per heavy atom. The standard InChI is InChI=1S/C31H29N7/c1-2-6-20(5-1)14-32-15-21-11-23(17-33-16-21)22-8-9-28-25(12-22)31(38-37-28)29-13-24-26(18-34-19-30(24)36-29)27-7-3-4-10-35-27/h3-4,7-13,16-20,32,36H,1-2,5-6,14-15H2,(H,37,38). The van der Waals surface area contributed by atoms with Gasteiger partial charge in [0.05, 0.1) is 28.6 Å². The summed E-state index contributed by atoms with van der Waals surface area (Å²) in [5, 5.41) is 13.6. The molecule has 5 aromatic heterocycles. The molecule has 7 heteroatoms. The maximum atomic E-state index is 4.68. The second kappa shape index (κ2) is 9.84. The molecule has 0 atom stereocenters. The minimum absolute atomic E-state index is 0.827. The van der Waals surface area contributed by atoms with Crippen LogP contribution >= 0.6 is 0 Å². The van der Waals surface area contributed by atoms with E-state index in [-0.39, 0.29) is 0 Å². The first-order valence-corrected chi connectivity index (χ1v) is 13.3. The molecule has 7 rings (SSSR count). The lowest BCUT2D eigenvalue weighted by molar-refractivity contribution is 0.489. The minimum atomic E-state index is 0.827. The molecule has 1 aliphatic rings. The van der Waals surface area contributed by atoms with Gasteiger partial charge in [0.25, 0.3) is 0 Å². The van der Waals surface area contributed by atoms with Crippen LogP contribution in [0.5, 0.6) is 0 Å². The Balaban J connectivity index is 1.20. The van der Waals surface area contributed by atoms with E-state index in [1.165, 1.54) is 31.2 Å². The van der Waals surface area contributed by atoms with E-state index in [1.54, 1.807) is 6.20 Å². The Labute approximate surface area is 220 Å². The van der Waals surface area contributed by atoms with E-state index >= 15 is 0 Å². The van der Waals surface area contributed by atoms with Gasteiger partial charge < -0.3 is 10.3 Å². The molecule has 38 heavy (non-hydrogen) atoms. The molecule has 188 valence electrons. The van der Waals surface area contributed by atoms with Crippen LogP contribution in [-0.2, 0) is 6.54 Å². The summed E-state index contributed by atoms with van der Waals surface area (Å²) in [6.45, 7) is 1.94. The highest BCUT2D eigenvalue weighted by Crippen LogP contribution is 2.34. The number of nitrogens with one attached hydrogen (secondary N) is 3. The largest absolute Gasteiger partial charge is 0.352 e. The van der Waals surface area contributed by atoms with E-state index in [1.807, 2.05) is 43.0 Å². The first kappa shape index (κ1) is 22.8. The molecule has 0 amide bonds. The van der Waals surface area contributed by atoms with Crippen molar-refractivity contribution in [3.63, 3.8) is 0 Å². The van der Waals surface area contributed by atoms with Gasteiger partial charge in [-0.1, -0.05) is 25.0 Å². The van der Waals surface area contributed by atoms with E-state index in [0.29, 0.717) is 0 Å². The number of fused-ring (bicyclic) bond motifs is 2. The molecule has 1 aromatic carbocycles. The van der Waals surface area contributed by atoms with E-state index in [9.17, 15) is 0 Å². The molecule has 0 bridgehead atoms. The summed E-state index contributed by atoms with van der Waals surface area (Å²) in [7, 11) is 0. The maximum Gasteiger partial charge on any atom is 0.116 e. The van der Waals surface area contributed by atoms with Crippen LogP contribution in [0, 0.1) is 5.92 Å². The highest BCUT2D eigenvalue weighted by atomic mass is 15.1. The molecule has 0 spiro atoms. The molecule has 0 radical (unpaired) electrons. The quantitative estimate of drug-likeness (QED) is 0.233. The average molecular weight is 500 g/mol. The number of aromatic amines is 2. The zero-order chi connectivity index (χ0) is 25.3. The Hall–Kier alpha value is -4.36. The van der Waals surface area contributed by atoms with Crippen molar-refractivity contribution in [1.82, 2.24) is 35.5 Å². The van der Waals surface area contributed by atoms with Crippen molar-refractivity contribution in [3.8, 4) is 33.8 Å². The molecule has 5 heterocycles. The number of hydrogen-bond donors (Lipinski definition) is 3. The molecular weight excluding hydrogens is 470 g/mol. The molecule has 7 nitrogen and oxygen atoms in total. The van der Waals surface area contributed by atoms with Crippen molar-refractivity contribution in [3.05, 3.63) is 85.1 Å². The van der Waals surface area contributed by atoms with E-state index in [0.717, 1.165) is 74.6 Å². The smallest absolute Gasteiger partial charge is 0.116 e. The topological polar surface area (TPSA) is 95.2 Å². The first-order chi connectivity index (χ1) is 18.8. The van der Waals surface area contributed by atoms with Crippen LogP contribution in [0.3, 0.4) is 0 Å². The normalized spacial score (nSPS) is 14.1. The van der Waals surface area contributed by atoms with Gasteiger partial charge in [0.1, 0.15) is 5.69 Å². The van der Waals surface area contributed by atoms with Gasteiger partial charge in [-0.25, -0.2) is 0 Å². The molecule has 1 saturated carbocycles. The van der Waals surface area contributed by atoms with Crippen LogP contribution in [0.15, 0.2) is 79.5 Å². The second-order valence-corrected chi connectivity index (χ2v) is 10.2. The third-order valence-electron chi connectivity index (χ3n) is 7.67. The summed E-state index contributed by atoms with van der Waals surface area (Å²) < 4.78 is 0. The summed E-state index contributed by atoms with van der Waals surface area (Å²) in [6.07, 6.45) is 14.9. The SMILES string of the molecule is c1ccc(-c2cncc3[nH]c(-c4n[nH]c5ccc(-c6cncc(CNCC7CCCC7)c6)cc45)cc23)nc1. The van der Waals surface area contributed by atoms with E-state index in [4.69, 9.17) is 0 Å². The second-order valence-electron chi connectivity index (χ2n) is 10.2. The number of rotatable bonds is 7. The van der Waals surface area contributed by atoms with Crippen molar-refractivity contribution in [2.45, 2.75) is 32.2 Å². The molecule has 1 fully saturated rings. The summed E-state index contributed by atoms with van der Waals surface area (Å²) in [4.78, 5) is 17.0. The lowest BCUT2D eigenvalue weighted by Crippen LogP contribution is -2.20. The van der Waals surface area contributed by atoms with Crippen LogP contribution in [-0.4, -0.2) is 36.7 Å². The minimum Gasteiger partial charge on any atom is -0.352 e. The summed E-state index contributed by atoms with van der Waals surface area (Å²) >= 11 is 0. The van der Waals surface area contributed by atoms with Crippen molar-refractivity contribution in [1.29, 1.82) is 0 Å². The fourth-order valence-corrected chi connectivity index (χ4v) is 5.68. The van der Waals surface area contributed by atoms with Crippen LogP contribution < -0.4 is 5.32 Å². The highest BCUT2D eigenvalue weighted by molar-refractivity contribution is 6.01. The van der Waals surface area contributed by atoms with E-state index in [2.05, 4.69) is 65.8 Å². The fraction of sp³-hybridized carbons (Fsp3) is 0.226. The first-order valence-electron chi connectivity index (χ1n) is 13.3. The molecule has 0 unspecified atom stereocenters. The van der Waals surface area contributed by atoms with Gasteiger partial charge >= 0.3 is 0 Å². The summed E-state index contributed by atoms with van der Waals surface area (Å²) in [5.41, 5.74) is 9.10. The zero-order valence-electron chi connectivity index (χ0n) is 21.1.